The van der Waals surface area contributed by atoms with Gasteiger partial charge in [0, 0.05) is 51.4 Å². The highest BCUT2D eigenvalue weighted by atomic mass is 16.6. The van der Waals surface area contributed by atoms with Gasteiger partial charge in [-0.3, -0.25) is 9.59 Å². The number of Topliss-reactive ketones (excluding diaryl/α,β-unsaturated/α-hetero) is 1. The smallest absolute Gasteiger partial charge is 0.408 e. The van der Waals surface area contributed by atoms with Crippen molar-refractivity contribution in [2.45, 2.75) is 134 Å². The van der Waals surface area contributed by atoms with Crippen molar-refractivity contribution in [1.82, 2.24) is 15.1 Å². The van der Waals surface area contributed by atoms with Crippen LogP contribution in [-0.4, -0.2) is 160 Å². The van der Waals surface area contributed by atoms with E-state index in [1.165, 1.54) is 39.8 Å². The summed E-state index contributed by atoms with van der Waals surface area (Å²) in [5.74, 6) is -5.25. The molecule has 4 aliphatic rings. The number of hydrogen-bond acceptors (Lipinski definition) is 16. The molecule has 2 saturated heterocycles. The zero-order valence-electron chi connectivity index (χ0n) is 39.2. The topological polar surface area (TPSA) is 231 Å². The largest absolute Gasteiger partial charge is 0.458 e. The van der Waals surface area contributed by atoms with Crippen LogP contribution >= 0.6 is 0 Å². The van der Waals surface area contributed by atoms with Crippen LogP contribution in [0.15, 0.2) is 71.8 Å². The number of ketones is 1. The highest BCUT2D eigenvalue weighted by molar-refractivity contribution is 5.93. The van der Waals surface area contributed by atoms with Gasteiger partial charge >= 0.3 is 24.0 Å². The van der Waals surface area contributed by atoms with Crippen LogP contribution in [-0.2, 0) is 38.1 Å². The number of amides is 1. The Morgan fingerprint density at radius 2 is 1.55 bits per heavy atom. The Bertz CT molecular complexity index is 2100. The molecule has 17 heteroatoms. The second-order valence-electron chi connectivity index (χ2n) is 19.9. The highest BCUT2D eigenvalue weighted by Crippen LogP contribution is 2.56. The first-order valence-corrected chi connectivity index (χ1v) is 22.7. The summed E-state index contributed by atoms with van der Waals surface area (Å²) in [4.78, 5) is 75.9. The molecule has 3 fully saturated rings. The Hall–Kier alpha value is -4.75. The zero-order valence-corrected chi connectivity index (χ0v) is 39.2. The van der Waals surface area contributed by atoms with E-state index >= 15 is 4.79 Å². The van der Waals surface area contributed by atoms with Crippen LogP contribution in [0.4, 0.5) is 4.79 Å². The number of aliphatic hydroxyl groups excluding tert-OH is 2. The van der Waals surface area contributed by atoms with E-state index in [-0.39, 0.29) is 36.2 Å². The molecule has 2 aliphatic heterocycles. The average Bonchev–Trinajstić information content (AvgIpc) is 3.27. The molecule has 5 N–H and O–H groups in total. The van der Waals surface area contributed by atoms with Gasteiger partial charge in [0.15, 0.2) is 5.78 Å². The fraction of sp³-hybridized carbons (Fsp3) is 0.612. The molecule has 66 heavy (non-hydrogen) atoms. The maximum Gasteiger partial charge on any atom is 0.408 e. The Labute approximate surface area is 386 Å². The van der Waals surface area contributed by atoms with Gasteiger partial charge < -0.3 is 59.2 Å². The molecule has 2 aromatic carbocycles. The molecule has 10 atom stereocenters. The summed E-state index contributed by atoms with van der Waals surface area (Å²) in [6.45, 7) is 14.1. The molecule has 0 radical (unpaired) electrons. The Balaban J connectivity index is 1.44. The zero-order chi connectivity index (χ0) is 48.4. The van der Waals surface area contributed by atoms with Gasteiger partial charge in [-0.05, 0) is 97.3 Å². The first kappa shape index (κ1) is 50.7. The fourth-order valence-corrected chi connectivity index (χ4v) is 9.93. The molecule has 2 heterocycles. The maximum absolute atomic E-state index is 15.1. The molecule has 1 unspecified atom stereocenters. The molecule has 1 saturated carbocycles. The SMILES string of the molecule is C/C1=C(/C(C)(C)O)[C@@H](O)C(=O)[C@@]2(C)C([C@H](OC(=O)c3ccccc3)C[C@@H]1OC(=O)[C@H](OC(=O)CCCN1CCN(C)CC1)[C@@H](NC(=O)OC(C)(C)C)c1ccccc1)[C@]1(O)CO[C@@H]1C[C@@H]2O. The lowest BCUT2D eigenvalue weighted by Gasteiger charge is -2.62. The summed E-state index contributed by atoms with van der Waals surface area (Å²) in [6.07, 6.45) is -11.0. The number of nitrogens with one attached hydrogen (secondary N) is 1. The van der Waals surface area contributed by atoms with E-state index in [0.717, 1.165) is 26.2 Å². The van der Waals surface area contributed by atoms with Crippen molar-refractivity contribution in [2.75, 3.05) is 46.4 Å². The number of rotatable bonds is 13. The number of hydrogen-bond donors (Lipinski definition) is 5. The number of fused-ring (bicyclic) bond motifs is 3. The molecule has 17 nitrogen and oxygen atoms in total. The van der Waals surface area contributed by atoms with Gasteiger partial charge in [-0.25, -0.2) is 14.4 Å². The van der Waals surface area contributed by atoms with E-state index in [4.69, 9.17) is 23.7 Å². The molecule has 0 spiro atoms. The molecule has 6 rings (SSSR count). The van der Waals surface area contributed by atoms with Crippen molar-refractivity contribution in [3.8, 4) is 0 Å². The number of carbonyl (C=O) groups excluding carboxylic acids is 5. The molecular formula is C49H67N3O14. The van der Waals surface area contributed by atoms with Crippen molar-refractivity contribution < 1.29 is 68.1 Å². The number of aliphatic hydroxyl groups is 4. The molecule has 1 amide bonds. The predicted octanol–water partition coefficient (Wildman–Crippen LogP) is 3.27. The summed E-state index contributed by atoms with van der Waals surface area (Å²) in [5.41, 5.74) is -6.66. The molecule has 362 valence electrons. The second kappa shape index (κ2) is 20.2. The fourth-order valence-electron chi connectivity index (χ4n) is 9.93. The number of likely N-dealkylation sites (N-methyl/N-ethyl adjacent to an activating group) is 1. The Morgan fingerprint density at radius 3 is 2.12 bits per heavy atom. The minimum Gasteiger partial charge on any atom is -0.458 e. The lowest BCUT2D eigenvalue weighted by molar-refractivity contribution is -0.326. The van der Waals surface area contributed by atoms with E-state index in [1.807, 2.05) is 7.05 Å². The lowest BCUT2D eigenvalue weighted by atomic mass is 9.52. The first-order valence-electron chi connectivity index (χ1n) is 22.7. The van der Waals surface area contributed by atoms with Crippen molar-refractivity contribution >= 4 is 29.8 Å². The molecule has 0 bridgehead atoms. The van der Waals surface area contributed by atoms with Crippen LogP contribution in [0.2, 0.25) is 0 Å². The van der Waals surface area contributed by atoms with E-state index < -0.39 is 107 Å². The number of nitrogens with zero attached hydrogens (tertiary/aromatic N) is 2. The summed E-state index contributed by atoms with van der Waals surface area (Å²) >= 11 is 0. The van der Waals surface area contributed by atoms with Crippen LogP contribution in [0.5, 0.6) is 0 Å². The third-order valence-electron chi connectivity index (χ3n) is 13.4. The quantitative estimate of drug-likeness (QED) is 0.110. The number of ether oxygens (including phenoxy) is 5. The summed E-state index contributed by atoms with van der Waals surface area (Å²) in [6, 6.07) is 14.9. The number of piperazine rings is 1. The third-order valence-corrected chi connectivity index (χ3v) is 13.4. The van der Waals surface area contributed by atoms with Crippen molar-refractivity contribution in [1.29, 1.82) is 0 Å². The van der Waals surface area contributed by atoms with Gasteiger partial charge in [-0.2, -0.15) is 0 Å². The summed E-state index contributed by atoms with van der Waals surface area (Å²) in [7, 11) is 2.04. The number of esters is 3. The Morgan fingerprint density at radius 1 is 0.924 bits per heavy atom. The molecule has 0 aromatic heterocycles. The van der Waals surface area contributed by atoms with Crippen LogP contribution in [0.3, 0.4) is 0 Å². The number of benzene rings is 2. The highest BCUT2D eigenvalue weighted by Gasteiger charge is 2.71. The van der Waals surface area contributed by atoms with Gasteiger partial charge in [0.1, 0.15) is 35.6 Å². The second-order valence-corrected chi connectivity index (χ2v) is 19.9. The van der Waals surface area contributed by atoms with Crippen LogP contribution in [0.1, 0.15) is 96.1 Å². The van der Waals surface area contributed by atoms with Crippen LogP contribution in [0, 0.1) is 11.3 Å². The van der Waals surface area contributed by atoms with Gasteiger partial charge in [0.2, 0.25) is 6.10 Å². The normalized spacial score (nSPS) is 30.7. The first-order chi connectivity index (χ1) is 30.9. The Kier molecular flexibility index (Phi) is 15.5. The van der Waals surface area contributed by atoms with Crippen molar-refractivity contribution in [3.05, 3.63) is 82.9 Å². The number of alkyl carbamates (subject to hydrolysis) is 1. The van der Waals surface area contributed by atoms with Gasteiger partial charge in [0.05, 0.1) is 35.4 Å². The summed E-state index contributed by atoms with van der Waals surface area (Å²) < 4.78 is 29.9. The van der Waals surface area contributed by atoms with Crippen molar-refractivity contribution in [3.63, 3.8) is 0 Å². The third kappa shape index (κ3) is 11.2. The standard InChI is InChI=1S/C49H67N3O14/c1-29-32(63-44(58)40(65-36(54)20-15-21-52-24-22-51(8)23-25-52)38(30-16-11-9-12-17-30)50-45(59)66-46(2,3)4)26-33(64-43(57)31-18-13-10-14-19-31)41-48(7,34(53)27-35-49(41,61)28-62-35)42(56)39(55)37(29)47(5,6)60/h9-14,16-19,32-35,38-41,53,55,60-61H,15,20-28H2,1-8H3,(H,50,59)/b37-29-/t32-,33+,34-,35+,38-,39+,40+,41?,48+,49-/m0/s1. The summed E-state index contributed by atoms with van der Waals surface area (Å²) in [5, 5.41) is 50.8. The van der Waals surface area contributed by atoms with Crippen molar-refractivity contribution in [2.24, 2.45) is 11.3 Å². The monoisotopic (exact) mass is 921 g/mol. The molecular weight excluding hydrogens is 855 g/mol. The molecule has 2 aromatic rings. The minimum atomic E-state index is -2.13. The van der Waals surface area contributed by atoms with Gasteiger partial charge in [-0.1, -0.05) is 48.5 Å². The van der Waals surface area contributed by atoms with E-state index in [2.05, 4.69) is 15.1 Å². The van der Waals surface area contributed by atoms with E-state index in [9.17, 15) is 39.6 Å². The van der Waals surface area contributed by atoms with Gasteiger partial charge in [0.25, 0.3) is 0 Å². The van der Waals surface area contributed by atoms with Crippen LogP contribution < -0.4 is 5.32 Å². The van der Waals surface area contributed by atoms with E-state index in [0.29, 0.717) is 18.5 Å². The van der Waals surface area contributed by atoms with E-state index in [1.54, 1.807) is 69.3 Å². The lowest BCUT2D eigenvalue weighted by Crippen LogP contribution is -2.76. The minimum absolute atomic E-state index is 0.0174. The number of carbonyl (C=O) groups is 5. The average molecular weight is 922 g/mol. The van der Waals surface area contributed by atoms with Crippen LogP contribution in [0.25, 0.3) is 0 Å². The maximum atomic E-state index is 15.1. The predicted molar refractivity (Wildman–Crippen MR) is 239 cm³/mol. The molecule has 2 aliphatic carbocycles. The van der Waals surface area contributed by atoms with Gasteiger partial charge in [-0.15, -0.1) is 0 Å².